The molecule has 9 heteroatoms. The van der Waals surface area contributed by atoms with E-state index in [2.05, 4.69) is 49.1 Å². The fourth-order valence-corrected chi connectivity index (χ4v) is 5.56. The van der Waals surface area contributed by atoms with Gasteiger partial charge in [0.2, 0.25) is 0 Å². The van der Waals surface area contributed by atoms with Crippen molar-refractivity contribution in [1.29, 1.82) is 5.26 Å². The molecule has 1 N–H and O–H groups in total. The van der Waals surface area contributed by atoms with E-state index in [1.54, 1.807) is 0 Å². The molecule has 0 radical (unpaired) electrons. The summed E-state index contributed by atoms with van der Waals surface area (Å²) in [4.78, 5) is 22.8. The van der Waals surface area contributed by atoms with Gasteiger partial charge in [0, 0.05) is 38.4 Å². The molecule has 190 valence electrons. The zero-order chi connectivity index (χ0) is 25.6. The smallest absolute Gasteiger partial charge is 0.263 e. The molecule has 0 spiro atoms. The summed E-state index contributed by atoms with van der Waals surface area (Å²) in [5.41, 5.74) is 2.64. The molecule has 1 fully saturated rings. The van der Waals surface area contributed by atoms with Crippen LogP contribution in [0.4, 0.5) is 5.69 Å². The molecule has 1 aliphatic heterocycles. The van der Waals surface area contributed by atoms with Gasteiger partial charge in [-0.1, -0.05) is 0 Å². The van der Waals surface area contributed by atoms with Crippen LogP contribution >= 0.6 is 11.3 Å². The molecule has 35 heavy (non-hydrogen) atoms. The lowest BCUT2D eigenvalue weighted by molar-refractivity contribution is -0.00656. The van der Waals surface area contributed by atoms with Crippen LogP contribution < -0.4 is 15.0 Å². The van der Waals surface area contributed by atoms with Gasteiger partial charge in [-0.2, -0.15) is 5.26 Å². The molecule has 0 saturated carbocycles. The summed E-state index contributed by atoms with van der Waals surface area (Å²) in [7, 11) is 4.11. The molecule has 3 rings (SSSR count). The van der Waals surface area contributed by atoms with Gasteiger partial charge < -0.3 is 24.6 Å². The zero-order valence-corrected chi connectivity index (χ0v) is 22.5. The number of hydrogen-bond donors (Lipinski definition) is 1. The van der Waals surface area contributed by atoms with Crippen LogP contribution in [0.2, 0.25) is 0 Å². The second-order valence-corrected chi connectivity index (χ2v) is 9.90. The van der Waals surface area contributed by atoms with Crippen LogP contribution in [0, 0.1) is 18.3 Å². The first-order valence-electron chi connectivity index (χ1n) is 12.3. The molecule has 0 unspecified atom stereocenters. The Hall–Kier alpha value is -2.67. The van der Waals surface area contributed by atoms with E-state index in [9.17, 15) is 10.1 Å². The van der Waals surface area contributed by atoms with Gasteiger partial charge in [0.15, 0.2) is 0 Å². The number of ether oxygens (including phenoxy) is 2. The number of anilines is 1. The fourth-order valence-electron chi connectivity index (χ4n) is 4.55. The number of carbonyl (C=O) groups excluding carboxylic acids is 1. The molecular weight excluding hydrogens is 462 g/mol. The average molecular weight is 500 g/mol. The van der Waals surface area contributed by atoms with Gasteiger partial charge in [0.25, 0.3) is 5.91 Å². The normalized spacial score (nSPS) is 15.0. The maximum absolute atomic E-state index is 13.2. The van der Waals surface area contributed by atoms with Crippen molar-refractivity contribution >= 4 is 22.9 Å². The first kappa shape index (κ1) is 26.9. The number of likely N-dealkylation sites (N-methyl/N-ethyl adjacent to an activating group) is 1. The van der Waals surface area contributed by atoms with Crippen LogP contribution in [0.1, 0.15) is 54.5 Å². The van der Waals surface area contributed by atoms with Crippen LogP contribution in [0.3, 0.4) is 0 Å². The maximum Gasteiger partial charge on any atom is 0.263 e. The van der Waals surface area contributed by atoms with Crippen molar-refractivity contribution in [1.82, 2.24) is 15.2 Å². The first-order chi connectivity index (χ1) is 16.8. The number of nitrogens with one attached hydrogen (secondary N) is 1. The van der Waals surface area contributed by atoms with Gasteiger partial charge in [-0.25, -0.2) is 4.98 Å². The highest BCUT2D eigenvalue weighted by atomic mass is 32.1. The molecule has 0 atom stereocenters. The van der Waals surface area contributed by atoms with Crippen molar-refractivity contribution in [3.8, 4) is 22.4 Å². The number of nitrogens with zero attached hydrogens (tertiary/aromatic N) is 4. The predicted octanol–water partition coefficient (Wildman–Crippen LogP) is 4.08. The molecule has 8 nitrogen and oxygen atoms in total. The number of hydrogen-bond acceptors (Lipinski definition) is 8. The van der Waals surface area contributed by atoms with E-state index in [0.717, 1.165) is 37.2 Å². The van der Waals surface area contributed by atoms with E-state index in [1.165, 1.54) is 11.3 Å². The topological polar surface area (TPSA) is 90.7 Å². The zero-order valence-electron chi connectivity index (χ0n) is 21.7. The second kappa shape index (κ2) is 11.8. The Morgan fingerprint density at radius 2 is 1.94 bits per heavy atom. The van der Waals surface area contributed by atoms with E-state index in [-0.39, 0.29) is 11.4 Å². The minimum atomic E-state index is -0.128. The van der Waals surface area contributed by atoms with Gasteiger partial charge in [-0.3, -0.25) is 4.79 Å². The molecular formula is C26H37N5O3S. The summed E-state index contributed by atoms with van der Waals surface area (Å²) in [5, 5.41) is 13.8. The van der Waals surface area contributed by atoms with Crippen molar-refractivity contribution in [2.24, 2.45) is 0 Å². The number of benzene rings is 1. The van der Waals surface area contributed by atoms with Crippen LogP contribution in [0.5, 0.6) is 5.75 Å². The summed E-state index contributed by atoms with van der Waals surface area (Å²) in [6.45, 7) is 11.8. The minimum Gasteiger partial charge on any atom is -0.492 e. The Kier molecular flexibility index (Phi) is 9.11. The maximum atomic E-state index is 13.2. The van der Waals surface area contributed by atoms with Crippen LogP contribution in [0.15, 0.2) is 12.1 Å². The number of aromatic nitrogens is 1. The van der Waals surface area contributed by atoms with E-state index in [1.807, 2.05) is 26.0 Å². The quantitative estimate of drug-likeness (QED) is 0.527. The third-order valence-corrected chi connectivity index (χ3v) is 8.01. The largest absolute Gasteiger partial charge is 0.492 e. The Labute approximate surface area is 212 Å². The van der Waals surface area contributed by atoms with E-state index >= 15 is 0 Å². The second-order valence-electron chi connectivity index (χ2n) is 8.90. The molecule has 1 aliphatic rings. The number of carbonyl (C=O) groups is 1. The third kappa shape index (κ3) is 5.61. The Bertz CT molecular complexity index is 1070. The van der Waals surface area contributed by atoms with Gasteiger partial charge in [-0.15, -0.1) is 11.3 Å². The van der Waals surface area contributed by atoms with Gasteiger partial charge >= 0.3 is 0 Å². The molecule has 1 amide bonds. The highest BCUT2D eigenvalue weighted by Crippen LogP contribution is 2.41. The third-order valence-electron chi connectivity index (χ3n) is 6.82. The van der Waals surface area contributed by atoms with Crippen LogP contribution in [-0.2, 0) is 4.74 Å². The molecule has 0 aliphatic carbocycles. The lowest BCUT2D eigenvalue weighted by Gasteiger charge is -2.42. The first-order valence-corrected chi connectivity index (χ1v) is 13.1. The van der Waals surface area contributed by atoms with Gasteiger partial charge in [-0.05, 0) is 66.8 Å². The molecule has 1 aromatic carbocycles. The lowest BCUT2D eigenvalue weighted by atomic mass is 9.88. The number of thiazole rings is 1. The Morgan fingerprint density at radius 3 is 2.51 bits per heavy atom. The summed E-state index contributed by atoms with van der Waals surface area (Å²) >= 11 is 1.34. The summed E-state index contributed by atoms with van der Waals surface area (Å²) in [6, 6.07) is 6.24. The molecule has 0 bridgehead atoms. The van der Waals surface area contributed by atoms with Crippen molar-refractivity contribution in [3.63, 3.8) is 0 Å². The van der Waals surface area contributed by atoms with Gasteiger partial charge in [0.05, 0.1) is 23.6 Å². The number of rotatable bonds is 10. The van der Waals surface area contributed by atoms with Crippen molar-refractivity contribution in [3.05, 3.63) is 28.3 Å². The summed E-state index contributed by atoms with van der Waals surface area (Å²) < 4.78 is 11.5. The van der Waals surface area contributed by atoms with E-state index < -0.39 is 0 Å². The standard InChI is InChI=1S/C26H37N5O3S/c1-7-31(8-2)21-11-10-19(22(34-9-3)20(21)16-27)25-29-18(4)23(35-25)24(32)28-17-26(30(5)6)12-14-33-15-13-26/h10-11H,7-9,12-15,17H2,1-6H3,(H,28,32). The van der Waals surface area contributed by atoms with E-state index in [4.69, 9.17) is 14.5 Å². The summed E-state index contributed by atoms with van der Waals surface area (Å²) in [6.07, 6.45) is 1.75. The SMILES string of the molecule is CCOc1c(-c2nc(C)c(C(=O)NCC3(N(C)C)CCOCC3)s2)ccc(N(CC)CC)c1C#N. The molecule has 2 aromatic rings. The Morgan fingerprint density at radius 1 is 1.26 bits per heavy atom. The number of aryl methyl sites for hydroxylation is 1. The van der Waals surface area contributed by atoms with Crippen LogP contribution in [-0.4, -0.2) is 74.9 Å². The summed E-state index contributed by atoms with van der Waals surface area (Å²) in [5.74, 6) is 0.395. The predicted molar refractivity (Wildman–Crippen MR) is 141 cm³/mol. The van der Waals surface area contributed by atoms with Crippen molar-refractivity contribution in [2.75, 3.05) is 58.5 Å². The molecule has 1 aromatic heterocycles. The lowest BCUT2D eigenvalue weighted by Crippen LogP contribution is -2.55. The highest BCUT2D eigenvalue weighted by Gasteiger charge is 2.35. The fraction of sp³-hybridized carbons (Fsp3) is 0.577. The van der Waals surface area contributed by atoms with Crippen molar-refractivity contribution in [2.45, 2.75) is 46.1 Å². The molecule has 2 heterocycles. The monoisotopic (exact) mass is 499 g/mol. The number of amides is 1. The van der Waals surface area contributed by atoms with Gasteiger partial charge in [0.1, 0.15) is 27.3 Å². The van der Waals surface area contributed by atoms with E-state index in [0.29, 0.717) is 53.3 Å². The Balaban J connectivity index is 1.92. The molecule has 1 saturated heterocycles. The number of nitriles is 1. The highest BCUT2D eigenvalue weighted by molar-refractivity contribution is 7.17. The van der Waals surface area contributed by atoms with Crippen molar-refractivity contribution < 1.29 is 14.3 Å². The average Bonchev–Trinajstić information content (AvgIpc) is 3.25. The van der Waals surface area contributed by atoms with Crippen LogP contribution in [0.25, 0.3) is 10.6 Å². The minimum absolute atomic E-state index is 0.112.